The predicted octanol–water partition coefficient (Wildman–Crippen LogP) is 4.71. The van der Waals surface area contributed by atoms with Gasteiger partial charge in [-0.1, -0.05) is 6.07 Å². The number of halogens is 4. The third-order valence-corrected chi connectivity index (χ3v) is 3.49. The molecular formula is C14H8BrF3N2O. The van der Waals surface area contributed by atoms with Crippen LogP contribution in [-0.2, 0) is 6.18 Å². The van der Waals surface area contributed by atoms with Crippen molar-refractivity contribution in [3.63, 3.8) is 0 Å². The molecule has 0 fully saturated rings. The third kappa shape index (κ3) is 3.28. The second kappa shape index (κ2) is 5.66. The number of alkyl halides is 3. The van der Waals surface area contributed by atoms with E-state index in [-0.39, 0.29) is 11.5 Å². The topological polar surface area (TPSA) is 59.0 Å². The van der Waals surface area contributed by atoms with E-state index in [1.165, 1.54) is 12.1 Å². The van der Waals surface area contributed by atoms with Crippen LogP contribution in [-0.4, -0.2) is 0 Å². The number of hydrogen-bond donors (Lipinski definition) is 1. The van der Waals surface area contributed by atoms with E-state index >= 15 is 0 Å². The largest absolute Gasteiger partial charge is 0.456 e. The molecule has 2 rings (SSSR count). The molecule has 0 aliphatic heterocycles. The summed E-state index contributed by atoms with van der Waals surface area (Å²) in [5, 5.41) is 8.73. The molecule has 0 unspecified atom stereocenters. The van der Waals surface area contributed by atoms with Gasteiger partial charge >= 0.3 is 6.18 Å². The van der Waals surface area contributed by atoms with Crippen molar-refractivity contribution in [2.75, 3.05) is 5.73 Å². The van der Waals surface area contributed by atoms with Gasteiger partial charge in [-0.25, -0.2) is 0 Å². The number of anilines is 1. The molecule has 0 aliphatic carbocycles. The molecule has 21 heavy (non-hydrogen) atoms. The molecule has 0 saturated carbocycles. The average molecular weight is 357 g/mol. The van der Waals surface area contributed by atoms with E-state index in [1.54, 1.807) is 18.2 Å². The molecule has 0 heterocycles. The average Bonchev–Trinajstić information content (AvgIpc) is 2.43. The summed E-state index contributed by atoms with van der Waals surface area (Å²) < 4.78 is 44.4. The van der Waals surface area contributed by atoms with Crippen LogP contribution in [0.5, 0.6) is 11.5 Å². The van der Waals surface area contributed by atoms with Gasteiger partial charge in [0.1, 0.15) is 11.5 Å². The number of rotatable bonds is 2. The van der Waals surface area contributed by atoms with E-state index in [0.717, 1.165) is 12.1 Å². The molecule has 0 bridgehead atoms. The number of nitriles is 1. The molecule has 0 saturated heterocycles. The zero-order chi connectivity index (χ0) is 15.6. The van der Waals surface area contributed by atoms with Gasteiger partial charge in [-0.2, -0.15) is 18.4 Å². The molecule has 7 heteroatoms. The minimum atomic E-state index is -4.63. The number of nitrogens with zero attached hydrogens (tertiary/aromatic N) is 1. The predicted molar refractivity (Wildman–Crippen MR) is 74.8 cm³/mol. The molecule has 108 valence electrons. The quantitative estimate of drug-likeness (QED) is 0.792. The van der Waals surface area contributed by atoms with Crippen LogP contribution in [0, 0.1) is 11.3 Å². The lowest BCUT2D eigenvalue weighted by Gasteiger charge is -2.13. The highest BCUT2D eigenvalue weighted by molar-refractivity contribution is 9.10. The number of hydrogen-bond acceptors (Lipinski definition) is 3. The highest BCUT2D eigenvalue weighted by Crippen LogP contribution is 2.37. The van der Waals surface area contributed by atoms with Crippen molar-refractivity contribution >= 4 is 21.6 Å². The van der Waals surface area contributed by atoms with Gasteiger partial charge in [0.15, 0.2) is 0 Å². The maximum absolute atomic E-state index is 12.9. The van der Waals surface area contributed by atoms with E-state index in [9.17, 15) is 13.2 Å². The molecule has 2 aromatic carbocycles. The molecule has 3 nitrogen and oxygen atoms in total. The van der Waals surface area contributed by atoms with Gasteiger partial charge in [0.05, 0.1) is 21.7 Å². The summed E-state index contributed by atoms with van der Waals surface area (Å²) in [6.07, 6.45) is -4.63. The van der Waals surface area contributed by atoms with E-state index in [4.69, 9.17) is 15.7 Å². The van der Waals surface area contributed by atoms with Crippen LogP contribution < -0.4 is 10.5 Å². The number of nitrogens with two attached hydrogens (primary N) is 1. The second-order valence-electron chi connectivity index (χ2n) is 4.08. The van der Waals surface area contributed by atoms with Crippen LogP contribution in [0.25, 0.3) is 0 Å². The first-order valence-corrected chi connectivity index (χ1v) is 6.45. The molecule has 2 aromatic rings. The zero-order valence-corrected chi connectivity index (χ0v) is 12.0. The van der Waals surface area contributed by atoms with E-state index in [0.29, 0.717) is 10.2 Å². The Bertz CT molecular complexity index is 723. The summed E-state index contributed by atoms with van der Waals surface area (Å²) in [5.74, 6) is 0.250. The first kappa shape index (κ1) is 15.2. The highest BCUT2D eigenvalue weighted by Gasteiger charge is 2.34. The molecule has 0 radical (unpaired) electrons. The van der Waals surface area contributed by atoms with Gasteiger partial charge < -0.3 is 10.5 Å². The standard InChI is InChI=1S/C14H8BrF3N2O/c15-13-11(20)2-1-3-12(13)21-9-5-4-8(7-19)10(6-9)14(16,17)18/h1-6H,20H2. The zero-order valence-electron chi connectivity index (χ0n) is 10.4. The first-order chi connectivity index (χ1) is 9.82. The Kier molecular flexibility index (Phi) is 4.09. The Morgan fingerprint density at radius 2 is 1.90 bits per heavy atom. The Labute approximate surface area is 126 Å². The van der Waals surface area contributed by atoms with Crippen LogP contribution in [0.2, 0.25) is 0 Å². The monoisotopic (exact) mass is 356 g/mol. The maximum Gasteiger partial charge on any atom is 0.417 e. The SMILES string of the molecule is N#Cc1ccc(Oc2cccc(N)c2Br)cc1C(F)(F)F. The fourth-order valence-electron chi connectivity index (χ4n) is 1.65. The number of benzene rings is 2. The Hall–Kier alpha value is -2.20. The Balaban J connectivity index is 2.43. The van der Waals surface area contributed by atoms with Gasteiger partial charge in [0.25, 0.3) is 0 Å². The normalized spacial score (nSPS) is 11.0. The minimum Gasteiger partial charge on any atom is -0.456 e. The molecule has 0 aliphatic rings. The summed E-state index contributed by atoms with van der Waals surface area (Å²) in [6.45, 7) is 0. The van der Waals surface area contributed by atoms with Gasteiger partial charge in [0, 0.05) is 5.69 Å². The molecule has 0 spiro atoms. The summed E-state index contributed by atoms with van der Waals surface area (Å²) in [5.41, 5.74) is 4.57. The number of ether oxygens (including phenoxy) is 1. The first-order valence-electron chi connectivity index (χ1n) is 5.66. The highest BCUT2D eigenvalue weighted by atomic mass is 79.9. The van der Waals surface area contributed by atoms with Crippen molar-refractivity contribution < 1.29 is 17.9 Å². The van der Waals surface area contributed by atoms with Crippen LogP contribution >= 0.6 is 15.9 Å². The smallest absolute Gasteiger partial charge is 0.417 e. The van der Waals surface area contributed by atoms with Crippen molar-refractivity contribution in [3.05, 3.63) is 52.0 Å². The lowest BCUT2D eigenvalue weighted by molar-refractivity contribution is -0.137. The Morgan fingerprint density at radius 3 is 2.52 bits per heavy atom. The molecule has 0 amide bonds. The van der Waals surface area contributed by atoms with E-state index in [2.05, 4.69) is 15.9 Å². The second-order valence-corrected chi connectivity index (χ2v) is 4.87. The van der Waals surface area contributed by atoms with Crippen LogP contribution in [0.3, 0.4) is 0 Å². The van der Waals surface area contributed by atoms with Gasteiger partial charge in [-0.3, -0.25) is 0 Å². The van der Waals surface area contributed by atoms with Crippen molar-refractivity contribution in [2.24, 2.45) is 0 Å². The number of nitrogen functional groups attached to an aromatic ring is 1. The van der Waals surface area contributed by atoms with Crippen molar-refractivity contribution in [2.45, 2.75) is 6.18 Å². The maximum atomic E-state index is 12.9. The summed E-state index contributed by atoms with van der Waals surface area (Å²) in [6, 6.07) is 9.46. The van der Waals surface area contributed by atoms with Crippen molar-refractivity contribution in [1.29, 1.82) is 5.26 Å². The summed E-state index contributed by atoms with van der Waals surface area (Å²) >= 11 is 3.20. The minimum absolute atomic E-state index is 0.0346. The molecule has 0 aromatic heterocycles. The molecule has 0 atom stereocenters. The Morgan fingerprint density at radius 1 is 1.19 bits per heavy atom. The van der Waals surface area contributed by atoms with Crippen molar-refractivity contribution in [3.8, 4) is 17.6 Å². The summed E-state index contributed by atoms with van der Waals surface area (Å²) in [7, 11) is 0. The van der Waals surface area contributed by atoms with Crippen LogP contribution in [0.4, 0.5) is 18.9 Å². The lowest BCUT2D eigenvalue weighted by atomic mass is 10.1. The fourth-order valence-corrected chi connectivity index (χ4v) is 2.00. The van der Waals surface area contributed by atoms with Crippen molar-refractivity contribution in [1.82, 2.24) is 0 Å². The van der Waals surface area contributed by atoms with E-state index < -0.39 is 17.3 Å². The van der Waals surface area contributed by atoms with Crippen LogP contribution in [0.1, 0.15) is 11.1 Å². The molecular weight excluding hydrogens is 349 g/mol. The third-order valence-electron chi connectivity index (χ3n) is 2.64. The fraction of sp³-hybridized carbons (Fsp3) is 0.0714. The van der Waals surface area contributed by atoms with Gasteiger partial charge in [0.2, 0.25) is 0 Å². The summed E-state index contributed by atoms with van der Waals surface area (Å²) in [4.78, 5) is 0. The van der Waals surface area contributed by atoms with Gasteiger partial charge in [-0.15, -0.1) is 0 Å². The lowest BCUT2D eigenvalue weighted by Crippen LogP contribution is -2.08. The molecule has 2 N–H and O–H groups in total. The van der Waals surface area contributed by atoms with E-state index in [1.807, 2.05) is 0 Å². The van der Waals surface area contributed by atoms with Crippen LogP contribution in [0.15, 0.2) is 40.9 Å². The van der Waals surface area contributed by atoms with Gasteiger partial charge in [-0.05, 0) is 46.3 Å².